The van der Waals surface area contributed by atoms with E-state index in [4.69, 9.17) is 0 Å². The molecule has 0 radical (unpaired) electrons. The van der Waals surface area contributed by atoms with Gasteiger partial charge in [0, 0.05) is 34.6 Å². The predicted molar refractivity (Wildman–Crippen MR) is 82.7 cm³/mol. The number of carbonyl (C=O) groups excluding carboxylic acids is 2. The fourth-order valence-corrected chi connectivity index (χ4v) is 5.36. The van der Waals surface area contributed by atoms with E-state index >= 15 is 0 Å². The summed E-state index contributed by atoms with van der Waals surface area (Å²) < 4.78 is 13.6. The number of carboxylic acid groups (broad SMARTS) is 2. The first-order valence-corrected chi connectivity index (χ1v) is 8.93. The summed E-state index contributed by atoms with van der Waals surface area (Å²) in [6, 6.07) is 17.0. The van der Waals surface area contributed by atoms with E-state index in [1.807, 2.05) is 0 Å². The van der Waals surface area contributed by atoms with Crippen molar-refractivity contribution < 1.29 is 24.4 Å². The van der Waals surface area contributed by atoms with Gasteiger partial charge in [-0.3, -0.25) is 0 Å². The Kier molecular flexibility index (Phi) is 5.35. The van der Waals surface area contributed by atoms with Crippen LogP contribution in [0.15, 0.2) is 60.7 Å². The van der Waals surface area contributed by atoms with Crippen molar-refractivity contribution >= 4 is 29.7 Å². The van der Waals surface area contributed by atoms with Gasteiger partial charge in [0.15, 0.2) is 0 Å². The average molecular weight is 330 g/mol. The Bertz CT molecular complexity index is 684. The number of rotatable bonds is 7. The van der Waals surface area contributed by atoms with E-state index < -0.39 is 31.4 Å². The molecule has 2 aromatic carbocycles. The summed E-state index contributed by atoms with van der Waals surface area (Å²) in [5, 5.41) is 23.0. The molecule has 120 valence electrons. The maximum atomic E-state index is 13.6. The highest BCUT2D eigenvalue weighted by atomic mass is 31.2. The van der Waals surface area contributed by atoms with Crippen molar-refractivity contribution in [2.24, 2.45) is 5.92 Å². The molecule has 0 saturated carbocycles. The molecule has 2 aromatic rings. The Morgan fingerprint density at radius 2 is 1.30 bits per heavy atom. The van der Waals surface area contributed by atoms with E-state index in [9.17, 15) is 24.4 Å². The Morgan fingerprint density at radius 1 is 0.870 bits per heavy atom. The molecule has 23 heavy (non-hydrogen) atoms. The minimum absolute atomic E-state index is 0.322. The molecule has 0 fully saturated rings. The van der Waals surface area contributed by atoms with Gasteiger partial charge in [0.1, 0.15) is 7.14 Å². The third-order valence-corrected chi connectivity index (χ3v) is 6.79. The fraction of sp³-hybridized carbons (Fsp3) is 0.176. The van der Waals surface area contributed by atoms with Gasteiger partial charge >= 0.3 is 0 Å². The van der Waals surface area contributed by atoms with Crippen LogP contribution in [0.2, 0.25) is 0 Å². The smallest absolute Gasteiger partial charge is 0.143 e. The van der Waals surface area contributed by atoms with Crippen LogP contribution in [0.1, 0.15) is 6.42 Å². The lowest BCUT2D eigenvalue weighted by Crippen LogP contribution is -2.39. The summed E-state index contributed by atoms with van der Waals surface area (Å²) >= 11 is 0. The maximum absolute atomic E-state index is 13.6. The van der Waals surface area contributed by atoms with E-state index in [0.29, 0.717) is 10.6 Å². The summed E-state index contributed by atoms with van der Waals surface area (Å²) in [6.07, 6.45) is -1.05. The Balaban J connectivity index is 2.48. The predicted octanol–water partition coefficient (Wildman–Crippen LogP) is -0.493. The van der Waals surface area contributed by atoms with Crippen LogP contribution in [0.3, 0.4) is 0 Å². The van der Waals surface area contributed by atoms with Crippen molar-refractivity contribution in [3.05, 3.63) is 60.7 Å². The first-order chi connectivity index (χ1) is 10.9. The minimum atomic E-state index is -3.30. The van der Waals surface area contributed by atoms with Crippen LogP contribution in [0.4, 0.5) is 0 Å². The van der Waals surface area contributed by atoms with Crippen LogP contribution in [0, 0.1) is 5.92 Å². The second-order valence-electron chi connectivity index (χ2n) is 5.19. The highest BCUT2D eigenvalue weighted by molar-refractivity contribution is 7.78. The third-order valence-electron chi connectivity index (χ3n) is 3.57. The molecule has 0 aliphatic carbocycles. The summed E-state index contributed by atoms with van der Waals surface area (Å²) in [5.74, 6) is -4.43. The van der Waals surface area contributed by atoms with Gasteiger partial charge in [-0.05, 0) is 6.42 Å². The van der Waals surface area contributed by atoms with Crippen molar-refractivity contribution in [2.75, 3.05) is 6.16 Å². The van der Waals surface area contributed by atoms with Crippen molar-refractivity contribution in [3.63, 3.8) is 0 Å². The van der Waals surface area contributed by atoms with Crippen molar-refractivity contribution in [1.29, 1.82) is 0 Å². The normalized spacial score (nSPS) is 12.5. The second-order valence-corrected chi connectivity index (χ2v) is 8.06. The minimum Gasteiger partial charge on any atom is -0.550 e. The number of aliphatic carboxylic acids is 2. The Morgan fingerprint density at radius 3 is 1.65 bits per heavy atom. The molecule has 5 nitrogen and oxygen atoms in total. The molecule has 0 aliphatic heterocycles. The van der Waals surface area contributed by atoms with E-state index in [1.54, 1.807) is 60.7 Å². The average Bonchev–Trinajstić information content (AvgIpc) is 2.55. The van der Waals surface area contributed by atoms with Crippen LogP contribution < -0.4 is 20.8 Å². The lowest BCUT2D eigenvalue weighted by molar-refractivity contribution is -0.319. The van der Waals surface area contributed by atoms with Gasteiger partial charge in [0.05, 0.1) is 0 Å². The number of hydrogen-bond acceptors (Lipinski definition) is 5. The topological polar surface area (TPSA) is 97.3 Å². The molecular weight excluding hydrogens is 315 g/mol. The molecule has 0 unspecified atom stereocenters. The van der Waals surface area contributed by atoms with E-state index in [1.165, 1.54) is 0 Å². The monoisotopic (exact) mass is 330 g/mol. The van der Waals surface area contributed by atoms with Crippen molar-refractivity contribution in [3.8, 4) is 0 Å². The highest BCUT2D eigenvalue weighted by Crippen LogP contribution is 2.45. The standard InChI is InChI=1S/C17H17O5P/c18-16(19)11-13(17(20)21)12-23(22,14-7-3-1-4-8-14)15-9-5-2-6-10-15/h1-10,13H,11-12H2,(H,18,19)(H,20,21)/p-2/t13-/m1/s1. The largest absolute Gasteiger partial charge is 0.550 e. The summed E-state index contributed by atoms with van der Waals surface area (Å²) in [7, 11) is -3.30. The molecule has 2 rings (SSSR count). The molecule has 0 aliphatic rings. The van der Waals surface area contributed by atoms with E-state index in [-0.39, 0.29) is 6.16 Å². The molecule has 0 amide bonds. The zero-order chi connectivity index (χ0) is 16.9. The zero-order valence-corrected chi connectivity index (χ0v) is 13.1. The molecule has 0 spiro atoms. The molecule has 0 N–H and O–H groups in total. The van der Waals surface area contributed by atoms with E-state index in [2.05, 4.69) is 0 Å². The summed E-state index contributed by atoms with van der Waals surface area (Å²) in [6.45, 7) is 0. The van der Waals surface area contributed by atoms with Crippen molar-refractivity contribution in [1.82, 2.24) is 0 Å². The molecular formula is C17H15O5P-2. The van der Waals surface area contributed by atoms with Gasteiger partial charge in [-0.1, -0.05) is 60.7 Å². The van der Waals surface area contributed by atoms with Gasteiger partial charge in [-0.2, -0.15) is 0 Å². The van der Waals surface area contributed by atoms with Gasteiger partial charge < -0.3 is 24.4 Å². The second kappa shape index (κ2) is 7.25. The molecule has 0 bridgehead atoms. The number of carboxylic acids is 2. The molecule has 0 aromatic heterocycles. The summed E-state index contributed by atoms with van der Waals surface area (Å²) in [4.78, 5) is 22.0. The molecule has 0 saturated heterocycles. The fourth-order valence-electron chi connectivity index (χ4n) is 2.43. The first-order valence-electron chi connectivity index (χ1n) is 7.04. The highest BCUT2D eigenvalue weighted by Gasteiger charge is 2.31. The SMILES string of the molecule is O=C([O-])C[C@H](CP(=O)(c1ccccc1)c1ccccc1)C(=O)[O-]. The quantitative estimate of drug-likeness (QED) is 0.638. The van der Waals surface area contributed by atoms with Gasteiger partial charge in [-0.25, -0.2) is 0 Å². The van der Waals surface area contributed by atoms with Gasteiger partial charge in [0.2, 0.25) is 0 Å². The van der Waals surface area contributed by atoms with Crippen LogP contribution in [0.5, 0.6) is 0 Å². The van der Waals surface area contributed by atoms with Crippen LogP contribution in [0.25, 0.3) is 0 Å². The van der Waals surface area contributed by atoms with E-state index in [0.717, 1.165) is 0 Å². The number of carbonyl (C=O) groups is 2. The molecule has 0 heterocycles. The third kappa shape index (κ3) is 4.08. The number of benzene rings is 2. The summed E-state index contributed by atoms with van der Waals surface area (Å²) in [5.41, 5.74) is 0. The lowest BCUT2D eigenvalue weighted by atomic mass is 10.1. The van der Waals surface area contributed by atoms with Crippen LogP contribution in [-0.2, 0) is 14.2 Å². The van der Waals surface area contributed by atoms with Gasteiger partial charge in [0.25, 0.3) is 0 Å². The van der Waals surface area contributed by atoms with Crippen LogP contribution in [-0.4, -0.2) is 18.1 Å². The number of hydrogen-bond donors (Lipinski definition) is 0. The zero-order valence-electron chi connectivity index (χ0n) is 12.3. The Labute approximate surface area is 134 Å². The maximum Gasteiger partial charge on any atom is 0.143 e. The van der Waals surface area contributed by atoms with Gasteiger partial charge in [-0.15, -0.1) is 0 Å². The first kappa shape index (κ1) is 17.0. The molecule has 6 heteroatoms. The molecule has 1 atom stereocenters. The lowest BCUT2D eigenvalue weighted by Gasteiger charge is -2.26. The Hall–Kier alpha value is -2.39. The van der Waals surface area contributed by atoms with Crippen LogP contribution >= 0.6 is 7.14 Å². The van der Waals surface area contributed by atoms with Crippen molar-refractivity contribution in [2.45, 2.75) is 6.42 Å².